The van der Waals surface area contributed by atoms with Gasteiger partial charge >= 0.3 is 0 Å². The third-order valence-corrected chi connectivity index (χ3v) is 5.84. The Hall–Kier alpha value is -1.91. The third kappa shape index (κ3) is 5.82. The van der Waals surface area contributed by atoms with Crippen molar-refractivity contribution in [2.45, 2.75) is 57.0 Å². The van der Waals surface area contributed by atoms with Crippen LogP contribution < -0.4 is 0 Å². The van der Waals surface area contributed by atoms with Crippen LogP contribution >= 0.6 is 0 Å². The summed E-state index contributed by atoms with van der Waals surface area (Å²) in [6.07, 6.45) is 5.62. The normalized spacial score (nSPS) is 12.7. The number of benzene rings is 2. The van der Waals surface area contributed by atoms with Crippen molar-refractivity contribution in [3.8, 4) is 0 Å². The molecule has 0 aliphatic rings. The van der Waals surface area contributed by atoms with Crippen LogP contribution in [0.2, 0.25) is 0 Å². The fourth-order valence-electron chi connectivity index (χ4n) is 2.89. The fourth-order valence-corrected chi connectivity index (χ4v) is 4.02. The summed E-state index contributed by atoms with van der Waals surface area (Å²) < 4.78 is 30.8. The van der Waals surface area contributed by atoms with Crippen molar-refractivity contribution >= 4 is 16.2 Å². The van der Waals surface area contributed by atoms with Gasteiger partial charge in [0.15, 0.2) is 0 Å². The van der Waals surface area contributed by atoms with Gasteiger partial charge in [-0.25, -0.2) is 0 Å². The Bertz CT molecular complexity index is 808. The first-order valence-electron chi connectivity index (χ1n) is 9.16. The van der Waals surface area contributed by atoms with Crippen LogP contribution in [0.25, 0.3) is 6.08 Å². The average Bonchev–Trinajstić information content (AvgIpc) is 2.64. The summed E-state index contributed by atoms with van der Waals surface area (Å²) in [5.41, 5.74) is 3.27. The molecule has 1 unspecified atom stereocenters. The summed E-state index contributed by atoms with van der Waals surface area (Å²) in [6.45, 7) is 7.87. The van der Waals surface area contributed by atoms with Crippen molar-refractivity contribution in [3.05, 3.63) is 71.8 Å². The van der Waals surface area contributed by atoms with E-state index in [1.807, 2.05) is 31.2 Å². The molecule has 0 saturated heterocycles. The molecule has 0 amide bonds. The van der Waals surface area contributed by atoms with Gasteiger partial charge in [-0.3, -0.25) is 4.18 Å². The predicted octanol–water partition coefficient (Wildman–Crippen LogP) is 5.53. The molecule has 0 aromatic heterocycles. The van der Waals surface area contributed by atoms with E-state index in [9.17, 15) is 8.42 Å². The Morgan fingerprint density at radius 1 is 1.08 bits per heavy atom. The highest BCUT2D eigenvalue weighted by atomic mass is 32.2. The summed E-state index contributed by atoms with van der Waals surface area (Å²) in [6, 6.07) is 14.8. The van der Waals surface area contributed by atoms with Gasteiger partial charge in [0.1, 0.15) is 0 Å². The van der Waals surface area contributed by atoms with Crippen molar-refractivity contribution in [1.29, 1.82) is 0 Å². The van der Waals surface area contributed by atoms with E-state index in [0.717, 1.165) is 36.8 Å². The molecule has 0 aliphatic carbocycles. The van der Waals surface area contributed by atoms with Crippen LogP contribution in [-0.2, 0) is 20.7 Å². The first-order chi connectivity index (χ1) is 12.5. The van der Waals surface area contributed by atoms with Gasteiger partial charge in [0.25, 0.3) is 10.1 Å². The lowest BCUT2D eigenvalue weighted by molar-refractivity contribution is 0.185. The number of hydrogen-bond donors (Lipinski definition) is 0. The molecule has 26 heavy (non-hydrogen) atoms. The molecule has 0 N–H and O–H groups in total. The second-order valence-corrected chi connectivity index (χ2v) is 8.14. The van der Waals surface area contributed by atoms with Crippen LogP contribution in [0.4, 0.5) is 0 Å². The van der Waals surface area contributed by atoms with Crippen molar-refractivity contribution < 1.29 is 12.6 Å². The largest absolute Gasteiger partial charge is 0.297 e. The molecule has 0 fully saturated rings. The van der Waals surface area contributed by atoms with Gasteiger partial charge in [-0.2, -0.15) is 8.42 Å². The van der Waals surface area contributed by atoms with Crippen LogP contribution in [0, 0.1) is 6.92 Å². The zero-order valence-corrected chi connectivity index (χ0v) is 16.5. The van der Waals surface area contributed by atoms with Crippen molar-refractivity contribution in [2.24, 2.45) is 0 Å². The SMILES string of the molecule is C=Cc1ccccc1CCC(CCCC)OS(=O)(=O)c1ccc(C)cc1. The molecule has 0 bridgehead atoms. The smallest absolute Gasteiger partial charge is 0.263 e. The fraction of sp³-hybridized carbons (Fsp3) is 0.364. The molecule has 0 saturated carbocycles. The zero-order chi connectivity index (χ0) is 19.0. The summed E-state index contributed by atoms with van der Waals surface area (Å²) in [4.78, 5) is 0.219. The summed E-state index contributed by atoms with van der Waals surface area (Å²) in [7, 11) is -3.75. The maximum atomic E-state index is 12.6. The Labute approximate surface area is 157 Å². The summed E-state index contributed by atoms with van der Waals surface area (Å²) in [5, 5.41) is 0. The highest BCUT2D eigenvalue weighted by Crippen LogP contribution is 2.22. The standard InChI is InChI=1S/C22H28O3S/c1-4-6-11-21(15-14-20-10-8-7-9-19(20)5-2)25-26(23,24)22-16-12-18(3)13-17-22/h5,7-10,12-13,16-17,21H,2,4,6,11,14-15H2,1,3H3. The average molecular weight is 373 g/mol. The molecular formula is C22H28O3S. The number of unbranched alkanes of at least 4 members (excludes halogenated alkanes) is 1. The second kappa shape index (κ2) is 9.70. The molecule has 0 radical (unpaired) electrons. The van der Waals surface area contributed by atoms with Crippen molar-refractivity contribution in [1.82, 2.24) is 0 Å². The molecule has 0 heterocycles. The van der Waals surface area contributed by atoms with E-state index in [1.165, 1.54) is 5.56 Å². The van der Waals surface area contributed by atoms with Gasteiger partial charge < -0.3 is 0 Å². The third-order valence-electron chi connectivity index (χ3n) is 4.46. The van der Waals surface area contributed by atoms with Crippen LogP contribution in [0.15, 0.2) is 60.0 Å². The molecule has 1 atom stereocenters. The molecule has 2 aromatic rings. The first-order valence-corrected chi connectivity index (χ1v) is 10.6. The van der Waals surface area contributed by atoms with E-state index in [2.05, 4.69) is 19.6 Å². The molecule has 2 rings (SSSR count). The lowest BCUT2D eigenvalue weighted by atomic mass is 9.99. The van der Waals surface area contributed by atoms with E-state index < -0.39 is 10.1 Å². The minimum absolute atomic E-state index is 0.219. The number of hydrogen-bond acceptors (Lipinski definition) is 3. The predicted molar refractivity (Wildman–Crippen MR) is 108 cm³/mol. The second-order valence-electron chi connectivity index (χ2n) is 6.57. The molecule has 2 aromatic carbocycles. The Balaban J connectivity index is 2.11. The monoisotopic (exact) mass is 372 g/mol. The van der Waals surface area contributed by atoms with Gasteiger partial charge in [0, 0.05) is 0 Å². The summed E-state index contributed by atoms with van der Waals surface area (Å²) in [5.74, 6) is 0. The van der Waals surface area contributed by atoms with E-state index in [0.29, 0.717) is 6.42 Å². The number of rotatable bonds is 10. The Morgan fingerprint density at radius 2 is 1.77 bits per heavy atom. The van der Waals surface area contributed by atoms with Crippen LogP contribution in [-0.4, -0.2) is 14.5 Å². The van der Waals surface area contributed by atoms with Gasteiger partial charge in [0.2, 0.25) is 0 Å². The quantitative estimate of drug-likeness (QED) is 0.515. The highest BCUT2D eigenvalue weighted by Gasteiger charge is 2.21. The van der Waals surface area contributed by atoms with Crippen LogP contribution in [0.1, 0.15) is 49.3 Å². The lowest BCUT2D eigenvalue weighted by Gasteiger charge is -2.18. The van der Waals surface area contributed by atoms with Gasteiger partial charge in [-0.1, -0.05) is 74.4 Å². The maximum Gasteiger partial charge on any atom is 0.297 e. The Kier molecular flexibility index (Phi) is 7.61. The van der Waals surface area contributed by atoms with E-state index in [4.69, 9.17) is 4.18 Å². The van der Waals surface area contributed by atoms with Gasteiger partial charge in [-0.15, -0.1) is 0 Å². The zero-order valence-electron chi connectivity index (χ0n) is 15.6. The topological polar surface area (TPSA) is 43.4 Å². The molecule has 140 valence electrons. The van der Waals surface area contributed by atoms with Crippen LogP contribution in [0.3, 0.4) is 0 Å². The minimum atomic E-state index is -3.75. The molecular weight excluding hydrogens is 344 g/mol. The first kappa shape index (κ1) is 20.4. The van der Waals surface area contributed by atoms with Gasteiger partial charge in [0.05, 0.1) is 11.0 Å². The summed E-state index contributed by atoms with van der Waals surface area (Å²) >= 11 is 0. The Morgan fingerprint density at radius 3 is 2.42 bits per heavy atom. The van der Waals surface area contributed by atoms with Crippen LogP contribution in [0.5, 0.6) is 0 Å². The maximum absolute atomic E-state index is 12.6. The minimum Gasteiger partial charge on any atom is -0.263 e. The van der Waals surface area contributed by atoms with Gasteiger partial charge in [-0.05, 0) is 49.4 Å². The lowest BCUT2D eigenvalue weighted by Crippen LogP contribution is -2.20. The van der Waals surface area contributed by atoms with E-state index in [1.54, 1.807) is 24.3 Å². The number of aryl methyl sites for hydroxylation is 2. The van der Waals surface area contributed by atoms with Crippen molar-refractivity contribution in [2.75, 3.05) is 0 Å². The van der Waals surface area contributed by atoms with Crippen molar-refractivity contribution in [3.63, 3.8) is 0 Å². The van der Waals surface area contributed by atoms with E-state index in [-0.39, 0.29) is 11.0 Å². The highest BCUT2D eigenvalue weighted by molar-refractivity contribution is 7.86. The van der Waals surface area contributed by atoms with E-state index >= 15 is 0 Å². The molecule has 4 heteroatoms. The molecule has 0 spiro atoms. The molecule has 3 nitrogen and oxygen atoms in total. The molecule has 0 aliphatic heterocycles.